The lowest BCUT2D eigenvalue weighted by atomic mass is 10.1. The Labute approximate surface area is 107 Å². The molecule has 18 heavy (non-hydrogen) atoms. The van der Waals surface area contributed by atoms with Crippen LogP contribution in [-0.4, -0.2) is 17.1 Å². The maximum atomic E-state index is 5.14. The zero-order valence-corrected chi connectivity index (χ0v) is 10.6. The summed E-state index contributed by atoms with van der Waals surface area (Å²) in [6.07, 6.45) is 3.50. The molecule has 0 spiro atoms. The fourth-order valence-electron chi connectivity index (χ4n) is 1.68. The first-order chi connectivity index (χ1) is 8.79. The third-order valence-electron chi connectivity index (χ3n) is 2.80. The molecule has 4 nitrogen and oxygen atoms in total. The monoisotopic (exact) mass is 243 g/mol. The second-order valence-electron chi connectivity index (χ2n) is 4.04. The number of hydrogen-bond acceptors (Lipinski definition) is 4. The molecule has 0 saturated heterocycles. The summed E-state index contributed by atoms with van der Waals surface area (Å²) >= 11 is 0. The van der Waals surface area contributed by atoms with Crippen molar-refractivity contribution in [3.63, 3.8) is 0 Å². The highest BCUT2D eigenvalue weighted by Gasteiger charge is 2.05. The van der Waals surface area contributed by atoms with Crippen molar-refractivity contribution in [3.8, 4) is 5.75 Å². The molecule has 94 valence electrons. The summed E-state index contributed by atoms with van der Waals surface area (Å²) in [4.78, 5) is 8.36. The quantitative estimate of drug-likeness (QED) is 0.875. The van der Waals surface area contributed by atoms with Crippen LogP contribution in [0.3, 0.4) is 0 Å². The van der Waals surface area contributed by atoms with Crippen LogP contribution >= 0.6 is 0 Å². The van der Waals surface area contributed by atoms with Gasteiger partial charge in [-0.3, -0.25) is 0 Å². The van der Waals surface area contributed by atoms with Gasteiger partial charge < -0.3 is 10.1 Å². The van der Waals surface area contributed by atoms with Crippen LogP contribution in [0.2, 0.25) is 0 Å². The van der Waals surface area contributed by atoms with Gasteiger partial charge in [-0.15, -0.1) is 0 Å². The van der Waals surface area contributed by atoms with E-state index in [0.717, 1.165) is 11.6 Å². The number of rotatable bonds is 5. The van der Waals surface area contributed by atoms with Crippen molar-refractivity contribution >= 4 is 0 Å². The van der Waals surface area contributed by atoms with Gasteiger partial charge in [-0.1, -0.05) is 12.1 Å². The fraction of sp³-hybridized carbons (Fsp3) is 0.286. The van der Waals surface area contributed by atoms with Crippen LogP contribution in [0.25, 0.3) is 0 Å². The van der Waals surface area contributed by atoms with E-state index in [1.807, 2.05) is 18.2 Å². The highest BCUT2D eigenvalue weighted by molar-refractivity contribution is 5.28. The molecule has 2 aromatic rings. The highest BCUT2D eigenvalue weighted by atomic mass is 16.5. The number of methoxy groups -OCH3 is 1. The molecular weight excluding hydrogens is 226 g/mol. The lowest BCUT2D eigenvalue weighted by Gasteiger charge is -2.14. The van der Waals surface area contributed by atoms with E-state index in [1.54, 1.807) is 19.5 Å². The van der Waals surface area contributed by atoms with Crippen LogP contribution in [0.4, 0.5) is 0 Å². The van der Waals surface area contributed by atoms with Crippen LogP contribution in [0.5, 0.6) is 5.75 Å². The van der Waals surface area contributed by atoms with Crippen LogP contribution in [0, 0.1) is 0 Å². The van der Waals surface area contributed by atoms with Gasteiger partial charge in [-0.05, 0) is 30.7 Å². The summed E-state index contributed by atoms with van der Waals surface area (Å²) in [5, 5.41) is 3.39. The van der Waals surface area contributed by atoms with Gasteiger partial charge >= 0.3 is 0 Å². The summed E-state index contributed by atoms with van der Waals surface area (Å²) < 4.78 is 5.14. The molecule has 1 heterocycles. The predicted molar refractivity (Wildman–Crippen MR) is 70.3 cm³/mol. The van der Waals surface area contributed by atoms with E-state index in [-0.39, 0.29) is 6.04 Å². The van der Waals surface area contributed by atoms with Crippen molar-refractivity contribution < 1.29 is 4.74 Å². The highest BCUT2D eigenvalue weighted by Crippen LogP contribution is 2.17. The number of benzene rings is 1. The average Bonchev–Trinajstić information content (AvgIpc) is 2.46. The second kappa shape index (κ2) is 6.12. The zero-order valence-electron chi connectivity index (χ0n) is 10.6. The van der Waals surface area contributed by atoms with Gasteiger partial charge in [0.15, 0.2) is 0 Å². The number of aromatic nitrogens is 2. The van der Waals surface area contributed by atoms with E-state index in [1.165, 1.54) is 5.56 Å². The molecule has 0 unspecified atom stereocenters. The molecule has 0 fully saturated rings. The van der Waals surface area contributed by atoms with E-state index in [2.05, 4.69) is 34.3 Å². The van der Waals surface area contributed by atoms with Crippen LogP contribution in [-0.2, 0) is 6.54 Å². The Balaban J connectivity index is 1.93. The van der Waals surface area contributed by atoms with Crippen molar-refractivity contribution in [1.29, 1.82) is 0 Å². The molecule has 0 radical (unpaired) electrons. The van der Waals surface area contributed by atoms with Crippen LogP contribution in [0.15, 0.2) is 42.7 Å². The number of nitrogens with one attached hydrogen (secondary N) is 1. The van der Waals surface area contributed by atoms with Crippen molar-refractivity contribution in [2.75, 3.05) is 7.11 Å². The Bertz CT molecular complexity index is 470. The standard InChI is InChI=1S/C14H17N3O/c1-11(12-4-6-13(18-2)7-5-12)17-10-14-15-8-3-9-16-14/h3-9,11,17H,10H2,1-2H3/t11-/m1/s1. The molecule has 0 bridgehead atoms. The molecule has 0 aliphatic rings. The molecule has 1 N–H and O–H groups in total. The SMILES string of the molecule is COc1ccc([C@@H](C)NCc2ncccn2)cc1. The summed E-state index contributed by atoms with van der Waals surface area (Å²) in [5.74, 6) is 1.68. The zero-order chi connectivity index (χ0) is 12.8. The van der Waals surface area contributed by atoms with Crippen LogP contribution < -0.4 is 10.1 Å². The molecule has 2 rings (SSSR count). The lowest BCUT2D eigenvalue weighted by molar-refractivity contribution is 0.414. The minimum absolute atomic E-state index is 0.250. The van der Waals surface area contributed by atoms with Gasteiger partial charge in [-0.25, -0.2) is 9.97 Å². The average molecular weight is 243 g/mol. The summed E-state index contributed by atoms with van der Waals surface area (Å²) in [6, 6.07) is 10.1. The summed E-state index contributed by atoms with van der Waals surface area (Å²) in [6.45, 7) is 2.78. The van der Waals surface area contributed by atoms with Crippen molar-refractivity contribution in [3.05, 3.63) is 54.1 Å². The molecular formula is C14H17N3O. The third-order valence-corrected chi connectivity index (χ3v) is 2.80. The molecule has 1 aromatic carbocycles. The van der Waals surface area contributed by atoms with Crippen molar-refractivity contribution in [1.82, 2.24) is 15.3 Å². The Kier molecular flexibility index (Phi) is 4.25. The molecule has 1 atom stereocenters. The van der Waals surface area contributed by atoms with Gasteiger partial charge in [0.1, 0.15) is 11.6 Å². The van der Waals surface area contributed by atoms with Gasteiger partial charge in [-0.2, -0.15) is 0 Å². The first kappa shape index (κ1) is 12.5. The predicted octanol–water partition coefficient (Wildman–Crippen LogP) is 2.34. The molecule has 1 aromatic heterocycles. The largest absolute Gasteiger partial charge is 0.497 e. The first-order valence-corrected chi connectivity index (χ1v) is 5.93. The number of nitrogens with zero attached hydrogens (tertiary/aromatic N) is 2. The first-order valence-electron chi connectivity index (χ1n) is 5.93. The maximum absolute atomic E-state index is 5.14. The van der Waals surface area contributed by atoms with E-state index >= 15 is 0 Å². The van der Waals surface area contributed by atoms with Gasteiger partial charge in [0.2, 0.25) is 0 Å². The van der Waals surface area contributed by atoms with Crippen molar-refractivity contribution in [2.24, 2.45) is 0 Å². The van der Waals surface area contributed by atoms with Crippen LogP contribution in [0.1, 0.15) is 24.4 Å². The van der Waals surface area contributed by atoms with Gasteiger partial charge in [0.25, 0.3) is 0 Å². The topological polar surface area (TPSA) is 47.0 Å². The molecule has 0 amide bonds. The van der Waals surface area contributed by atoms with E-state index < -0.39 is 0 Å². The smallest absolute Gasteiger partial charge is 0.141 e. The van der Waals surface area contributed by atoms with Gasteiger partial charge in [0, 0.05) is 18.4 Å². The minimum Gasteiger partial charge on any atom is -0.497 e. The summed E-state index contributed by atoms with van der Waals surface area (Å²) in [5.41, 5.74) is 1.21. The molecule has 4 heteroatoms. The lowest BCUT2D eigenvalue weighted by Crippen LogP contribution is -2.19. The number of ether oxygens (including phenoxy) is 1. The summed E-state index contributed by atoms with van der Waals surface area (Å²) in [7, 11) is 1.67. The van der Waals surface area contributed by atoms with E-state index in [4.69, 9.17) is 4.74 Å². The van der Waals surface area contributed by atoms with E-state index in [9.17, 15) is 0 Å². The fourth-order valence-corrected chi connectivity index (χ4v) is 1.68. The number of hydrogen-bond donors (Lipinski definition) is 1. The normalized spacial score (nSPS) is 12.1. The van der Waals surface area contributed by atoms with E-state index in [0.29, 0.717) is 6.54 Å². The molecule has 0 aliphatic heterocycles. The Morgan fingerprint density at radius 3 is 2.44 bits per heavy atom. The molecule has 0 saturated carbocycles. The Hall–Kier alpha value is -1.94. The minimum atomic E-state index is 0.250. The molecule has 0 aliphatic carbocycles. The second-order valence-corrected chi connectivity index (χ2v) is 4.04. The van der Waals surface area contributed by atoms with Crippen molar-refractivity contribution in [2.45, 2.75) is 19.5 Å². The third kappa shape index (κ3) is 3.28. The van der Waals surface area contributed by atoms with Gasteiger partial charge in [0.05, 0.1) is 13.7 Å². The Morgan fingerprint density at radius 1 is 1.17 bits per heavy atom. The Morgan fingerprint density at radius 2 is 1.83 bits per heavy atom. The maximum Gasteiger partial charge on any atom is 0.141 e.